The van der Waals surface area contributed by atoms with E-state index < -0.39 is 57.3 Å². The molecule has 0 radical (unpaired) electrons. The van der Waals surface area contributed by atoms with Crippen molar-refractivity contribution in [2.75, 3.05) is 16.8 Å². The number of benzene rings is 2. The Balaban J connectivity index is 1.76. The third-order valence-electron chi connectivity index (χ3n) is 6.47. The third kappa shape index (κ3) is 9.48. The highest BCUT2D eigenvalue weighted by Crippen LogP contribution is 2.29. The van der Waals surface area contributed by atoms with E-state index in [0.717, 1.165) is 18.4 Å². The number of rotatable bonds is 9. The number of unbranched alkanes of at least 4 members (excludes halogenated alkanes) is 1. The lowest BCUT2D eigenvalue weighted by atomic mass is 9.90. The zero-order chi connectivity index (χ0) is 29.5. The number of hydrogen-bond acceptors (Lipinski definition) is 7. The van der Waals surface area contributed by atoms with Crippen molar-refractivity contribution in [1.29, 1.82) is 0 Å². The summed E-state index contributed by atoms with van der Waals surface area (Å²) in [7, 11) is -3.61. The molecule has 11 heteroatoms. The summed E-state index contributed by atoms with van der Waals surface area (Å²) < 4.78 is 51.1. The molecule has 1 fully saturated rings. The molecule has 220 valence electrons. The van der Waals surface area contributed by atoms with Gasteiger partial charge in [0.1, 0.15) is 18.0 Å². The molecule has 3 atom stereocenters. The fourth-order valence-electron chi connectivity index (χ4n) is 4.67. The van der Waals surface area contributed by atoms with Gasteiger partial charge < -0.3 is 19.9 Å². The zero-order valence-corrected chi connectivity index (χ0v) is 24.2. The van der Waals surface area contributed by atoms with Crippen molar-refractivity contribution in [1.82, 2.24) is 5.32 Å². The minimum Gasteiger partial charge on any atom is -0.444 e. The minimum atomic E-state index is -3.61. The Bertz CT molecular complexity index is 1280. The van der Waals surface area contributed by atoms with Crippen molar-refractivity contribution < 1.29 is 37.0 Å². The Labute approximate surface area is 235 Å². The Morgan fingerprint density at radius 2 is 1.77 bits per heavy atom. The Kier molecular flexibility index (Phi) is 10.5. The molecular weight excluding hydrogens is 539 g/mol. The van der Waals surface area contributed by atoms with Gasteiger partial charge in [-0.1, -0.05) is 49.7 Å². The van der Waals surface area contributed by atoms with Gasteiger partial charge in [0, 0.05) is 5.92 Å². The predicted molar refractivity (Wildman–Crippen MR) is 150 cm³/mol. The molecule has 0 unspecified atom stereocenters. The largest absolute Gasteiger partial charge is 0.444 e. The van der Waals surface area contributed by atoms with E-state index in [4.69, 9.17) is 9.47 Å². The summed E-state index contributed by atoms with van der Waals surface area (Å²) in [5, 5.41) is 16.0. The fraction of sp³-hybridized carbons (Fsp3) is 0.517. The molecule has 1 heterocycles. The van der Waals surface area contributed by atoms with Crippen molar-refractivity contribution in [3.63, 3.8) is 0 Å². The molecule has 0 saturated carbocycles. The monoisotopic (exact) mass is 578 g/mol. The van der Waals surface area contributed by atoms with Crippen LogP contribution in [0.1, 0.15) is 57.2 Å². The van der Waals surface area contributed by atoms with E-state index in [1.807, 2.05) is 37.3 Å². The quantitative estimate of drug-likeness (QED) is 0.391. The van der Waals surface area contributed by atoms with Gasteiger partial charge in [0.15, 0.2) is 9.84 Å². The maximum Gasteiger partial charge on any atom is 0.412 e. The van der Waals surface area contributed by atoms with Gasteiger partial charge in [-0.25, -0.2) is 22.4 Å². The molecule has 0 aromatic heterocycles. The highest BCUT2D eigenvalue weighted by Gasteiger charge is 2.41. The van der Waals surface area contributed by atoms with Crippen LogP contribution >= 0.6 is 0 Å². The second-order valence-electron chi connectivity index (χ2n) is 11.2. The number of carbonyl (C=O) groups excluding carboxylic acids is 2. The number of halogens is 1. The lowest BCUT2D eigenvalue weighted by molar-refractivity contribution is 0.0358. The van der Waals surface area contributed by atoms with Crippen LogP contribution in [0.25, 0.3) is 0 Å². The third-order valence-corrected chi connectivity index (χ3v) is 8.27. The van der Waals surface area contributed by atoms with Crippen LogP contribution in [0.2, 0.25) is 0 Å². The van der Waals surface area contributed by atoms with Crippen LogP contribution in [-0.2, 0) is 38.8 Å². The van der Waals surface area contributed by atoms with Crippen molar-refractivity contribution in [2.24, 2.45) is 5.92 Å². The van der Waals surface area contributed by atoms with Gasteiger partial charge in [0.25, 0.3) is 0 Å². The molecule has 0 aliphatic carbocycles. The predicted octanol–water partition coefficient (Wildman–Crippen LogP) is 4.76. The van der Waals surface area contributed by atoms with Gasteiger partial charge in [0.2, 0.25) is 0 Å². The van der Waals surface area contributed by atoms with E-state index in [-0.39, 0.29) is 24.5 Å². The van der Waals surface area contributed by atoms with E-state index in [2.05, 4.69) is 10.6 Å². The van der Waals surface area contributed by atoms with Crippen LogP contribution in [0, 0.1) is 11.7 Å². The molecule has 2 amide bonds. The standard InChI is InChI=1S/C29H39FN2O7S/c1-5-6-12-21-13-20(15-23(30)25(21)32-27(34)38-16-19-10-8-7-9-11-19)14-22-17-40(36,37)18-24(26(22)33)31-28(35)39-29(2,3)4/h7-11,13,15,22,24,26,33H,5-6,12,14,16-18H2,1-4H3,(H,31,35)(H,32,34)/t22-,24+,26+/m1/s1. The van der Waals surface area contributed by atoms with Crippen molar-refractivity contribution in [2.45, 2.75) is 77.7 Å². The average molecular weight is 579 g/mol. The Morgan fingerprint density at radius 1 is 1.07 bits per heavy atom. The molecule has 1 saturated heterocycles. The van der Waals surface area contributed by atoms with E-state index in [0.29, 0.717) is 17.5 Å². The van der Waals surface area contributed by atoms with Crippen LogP contribution in [-0.4, -0.2) is 55.0 Å². The number of aliphatic hydroxyl groups excluding tert-OH is 1. The molecule has 3 N–H and O–H groups in total. The number of aryl methyl sites for hydroxylation is 1. The van der Waals surface area contributed by atoms with Crippen LogP contribution < -0.4 is 10.6 Å². The lowest BCUT2D eigenvalue weighted by Crippen LogP contribution is -2.56. The number of hydrogen-bond donors (Lipinski definition) is 3. The smallest absolute Gasteiger partial charge is 0.412 e. The molecule has 1 aliphatic rings. The van der Waals surface area contributed by atoms with Crippen molar-refractivity contribution in [3.8, 4) is 0 Å². The summed E-state index contributed by atoms with van der Waals surface area (Å²) in [6, 6.07) is 11.0. The van der Waals surface area contributed by atoms with Gasteiger partial charge in [-0.2, -0.15) is 0 Å². The van der Waals surface area contributed by atoms with E-state index in [1.54, 1.807) is 26.8 Å². The van der Waals surface area contributed by atoms with Gasteiger partial charge in [0.05, 0.1) is 29.3 Å². The summed E-state index contributed by atoms with van der Waals surface area (Å²) >= 11 is 0. The fourth-order valence-corrected chi connectivity index (χ4v) is 6.60. The summed E-state index contributed by atoms with van der Waals surface area (Å²) in [5.41, 5.74) is 1.03. The van der Waals surface area contributed by atoms with Crippen molar-refractivity contribution >= 4 is 27.7 Å². The maximum atomic E-state index is 15.3. The number of ether oxygens (including phenoxy) is 2. The van der Waals surface area contributed by atoms with Crippen LogP contribution in [0.15, 0.2) is 42.5 Å². The Hall–Kier alpha value is -3.18. The minimum absolute atomic E-state index is 0.0107. The number of amides is 2. The molecule has 2 aromatic rings. The van der Waals surface area contributed by atoms with E-state index in [9.17, 15) is 23.1 Å². The average Bonchev–Trinajstić information content (AvgIpc) is 2.85. The lowest BCUT2D eigenvalue weighted by Gasteiger charge is -2.35. The summed E-state index contributed by atoms with van der Waals surface area (Å²) in [5.74, 6) is -2.20. The second kappa shape index (κ2) is 13.5. The summed E-state index contributed by atoms with van der Waals surface area (Å²) in [4.78, 5) is 24.7. The molecule has 1 aliphatic heterocycles. The molecule has 3 rings (SSSR count). The first kappa shape index (κ1) is 31.3. The number of carbonyl (C=O) groups is 2. The summed E-state index contributed by atoms with van der Waals surface area (Å²) in [6.07, 6.45) is -0.705. The molecule has 9 nitrogen and oxygen atoms in total. The number of sulfone groups is 1. The number of anilines is 1. The second-order valence-corrected chi connectivity index (χ2v) is 13.3. The van der Waals surface area contributed by atoms with E-state index in [1.165, 1.54) is 6.07 Å². The van der Waals surface area contributed by atoms with Gasteiger partial charge >= 0.3 is 12.2 Å². The van der Waals surface area contributed by atoms with Gasteiger partial charge in [-0.15, -0.1) is 0 Å². The van der Waals surface area contributed by atoms with Gasteiger partial charge in [-0.05, 0) is 62.8 Å². The van der Waals surface area contributed by atoms with Gasteiger partial charge in [-0.3, -0.25) is 5.32 Å². The first-order valence-electron chi connectivity index (χ1n) is 13.4. The highest BCUT2D eigenvalue weighted by atomic mass is 32.2. The zero-order valence-electron chi connectivity index (χ0n) is 23.4. The normalized spacial score (nSPS) is 20.4. The van der Waals surface area contributed by atoms with Crippen LogP contribution in [0.3, 0.4) is 0 Å². The molecule has 40 heavy (non-hydrogen) atoms. The molecule has 0 bridgehead atoms. The Morgan fingerprint density at radius 3 is 2.42 bits per heavy atom. The first-order chi connectivity index (χ1) is 18.8. The van der Waals surface area contributed by atoms with E-state index >= 15 is 4.39 Å². The highest BCUT2D eigenvalue weighted by molar-refractivity contribution is 7.91. The maximum absolute atomic E-state index is 15.3. The number of alkyl carbamates (subject to hydrolysis) is 1. The molecule has 2 aromatic carbocycles. The van der Waals surface area contributed by atoms with Crippen LogP contribution in [0.5, 0.6) is 0 Å². The number of nitrogens with one attached hydrogen (secondary N) is 2. The van der Waals surface area contributed by atoms with Crippen LogP contribution in [0.4, 0.5) is 19.7 Å². The molecule has 0 spiro atoms. The SMILES string of the molecule is CCCCc1cc(C[C@@H]2CS(=O)(=O)C[C@H](NC(=O)OC(C)(C)C)[C@H]2O)cc(F)c1NC(=O)OCc1ccccc1. The molecular formula is C29H39FN2O7S. The number of aliphatic hydroxyl groups is 1. The summed E-state index contributed by atoms with van der Waals surface area (Å²) in [6.45, 7) is 7.05. The van der Waals surface area contributed by atoms with Crippen molar-refractivity contribution in [3.05, 3.63) is 65.0 Å². The first-order valence-corrected chi connectivity index (χ1v) is 15.3. The topological polar surface area (TPSA) is 131 Å².